The molecule has 1 fully saturated rings. The molecule has 0 amide bonds. The lowest BCUT2D eigenvalue weighted by Gasteiger charge is -2.21. The number of ether oxygens (including phenoxy) is 2. The van der Waals surface area contributed by atoms with Crippen molar-refractivity contribution in [2.45, 2.75) is 44.8 Å². The first-order valence-corrected chi connectivity index (χ1v) is 10.6. The average molecular weight is 541 g/mol. The van der Waals surface area contributed by atoms with Gasteiger partial charge in [-0.1, -0.05) is 0 Å². The lowest BCUT2D eigenvalue weighted by Crippen LogP contribution is -2.44. The van der Waals surface area contributed by atoms with Gasteiger partial charge in [0.2, 0.25) is 0 Å². The van der Waals surface area contributed by atoms with Crippen LogP contribution in [0.1, 0.15) is 30.9 Å². The highest BCUT2D eigenvalue weighted by atomic mass is 127. The summed E-state index contributed by atoms with van der Waals surface area (Å²) >= 11 is 0. The monoisotopic (exact) mass is 541 g/mol. The molecule has 0 bridgehead atoms. The van der Waals surface area contributed by atoms with Gasteiger partial charge in [0.25, 0.3) is 0 Å². The van der Waals surface area contributed by atoms with E-state index in [4.69, 9.17) is 9.47 Å². The van der Waals surface area contributed by atoms with Crippen LogP contribution in [0.2, 0.25) is 0 Å². The molecule has 2 aromatic rings. The molecule has 31 heavy (non-hydrogen) atoms. The summed E-state index contributed by atoms with van der Waals surface area (Å²) in [5, 5.41) is 15.6. The molecule has 2 aliphatic heterocycles. The molecule has 4 rings (SSSR count). The van der Waals surface area contributed by atoms with E-state index in [1.165, 1.54) is 12.8 Å². The third-order valence-corrected chi connectivity index (χ3v) is 5.80. The van der Waals surface area contributed by atoms with Gasteiger partial charge < -0.3 is 29.6 Å². The standard InChI is InChI=1S/C21H31N7O2.HI/c1-22-21(23-13-20-26-25-19-6-4-5-8-28(19)20)24-15-7-9-27(14-15)16-10-17(29-2)12-18(11-16)30-3;/h10-12,15H,4-9,13-14H2,1-3H3,(H2,22,23,24);1H. The second-order valence-corrected chi connectivity index (χ2v) is 7.71. The lowest BCUT2D eigenvalue weighted by molar-refractivity contribution is 0.394. The fourth-order valence-electron chi connectivity index (χ4n) is 4.14. The zero-order valence-electron chi connectivity index (χ0n) is 18.4. The molecule has 10 heteroatoms. The van der Waals surface area contributed by atoms with Gasteiger partial charge in [-0.25, -0.2) is 0 Å². The van der Waals surface area contributed by atoms with Crippen molar-refractivity contribution >= 4 is 35.6 Å². The van der Waals surface area contributed by atoms with Crippen LogP contribution in [-0.2, 0) is 19.5 Å². The van der Waals surface area contributed by atoms with Crippen molar-refractivity contribution in [3.05, 3.63) is 29.8 Å². The largest absolute Gasteiger partial charge is 0.497 e. The topological polar surface area (TPSA) is 88.8 Å². The van der Waals surface area contributed by atoms with Gasteiger partial charge in [-0.05, 0) is 19.3 Å². The second kappa shape index (κ2) is 10.9. The van der Waals surface area contributed by atoms with Crippen molar-refractivity contribution in [3.63, 3.8) is 0 Å². The number of hydrogen-bond donors (Lipinski definition) is 2. The van der Waals surface area contributed by atoms with Crippen LogP contribution >= 0.6 is 24.0 Å². The summed E-state index contributed by atoms with van der Waals surface area (Å²) in [7, 11) is 5.15. The van der Waals surface area contributed by atoms with Gasteiger partial charge in [0.05, 0.1) is 20.8 Å². The molecule has 1 aromatic heterocycles. The van der Waals surface area contributed by atoms with E-state index in [9.17, 15) is 0 Å². The van der Waals surface area contributed by atoms with Crippen LogP contribution in [0.4, 0.5) is 5.69 Å². The maximum absolute atomic E-state index is 5.41. The third kappa shape index (κ3) is 5.52. The van der Waals surface area contributed by atoms with E-state index in [0.29, 0.717) is 12.6 Å². The number of rotatable bonds is 6. The Labute approximate surface area is 200 Å². The third-order valence-electron chi connectivity index (χ3n) is 5.80. The fraction of sp³-hybridized carbons (Fsp3) is 0.571. The van der Waals surface area contributed by atoms with E-state index in [-0.39, 0.29) is 24.0 Å². The van der Waals surface area contributed by atoms with E-state index < -0.39 is 0 Å². The number of halogens is 1. The minimum atomic E-state index is 0. The van der Waals surface area contributed by atoms with Crippen LogP contribution in [0.5, 0.6) is 11.5 Å². The highest BCUT2D eigenvalue weighted by molar-refractivity contribution is 14.0. The van der Waals surface area contributed by atoms with E-state index in [2.05, 4.69) is 35.3 Å². The second-order valence-electron chi connectivity index (χ2n) is 7.71. The van der Waals surface area contributed by atoms with Crippen molar-refractivity contribution in [1.29, 1.82) is 0 Å². The number of guanidine groups is 1. The van der Waals surface area contributed by atoms with Crippen molar-refractivity contribution in [2.75, 3.05) is 39.3 Å². The predicted molar refractivity (Wildman–Crippen MR) is 132 cm³/mol. The molecule has 1 unspecified atom stereocenters. The molecule has 0 spiro atoms. The molecule has 2 aliphatic rings. The minimum Gasteiger partial charge on any atom is -0.497 e. The summed E-state index contributed by atoms with van der Waals surface area (Å²) in [6.07, 6.45) is 4.44. The summed E-state index contributed by atoms with van der Waals surface area (Å²) in [6.45, 7) is 3.48. The van der Waals surface area contributed by atoms with Crippen molar-refractivity contribution < 1.29 is 9.47 Å². The highest BCUT2D eigenvalue weighted by Gasteiger charge is 2.24. The van der Waals surface area contributed by atoms with E-state index >= 15 is 0 Å². The molecule has 0 saturated carbocycles. The van der Waals surface area contributed by atoms with Crippen LogP contribution in [0.3, 0.4) is 0 Å². The van der Waals surface area contributed by atoms with Crippen molar-refractivity contribution in [1.82, 2.24) is 25.4 Å². The highest BCUT2D eigenvalue weighted by Crippen LogP contribution is 2.30. The Balaban J connectivity index is 0.00000272. The Morgan fingerprint density at radius 1 is 1.13 bits per heavy atom. The maximum Gasteiger partial charge on any atom is 0.191 e. The van der Waals surface area contributed by atoms with Crippen LogP contribution in [0, 0.1) is 0 Å². The summed E-state index contributed by atoms with van der Waals surface area (Å²) in [5.41, 5.74) is 1.11. The number of methoxy groups -OCH3 is 2. The fourth-order valence-corrected chi connectivity index (χ4v) is 4.14. The first-order valence-electron chi connectivity index (χ1n) is 10.6. The molecule has 0 radical (unpaired) electrons. The number of nitrogens with one attached hydrogen (secondary N) is 2. The van der Waals surface area contributed by atoms with Gasteiger partial charge >= 0.3 is 0 Å². The molecule has 3 heterocycles. The van der Waals surface area contributed by atoms with Crippen LogP contribution in [-0.4, -0.2) is 61.1 Å². The molecule has 1 atom stereocenters. The first-order chi connectivity index (χ1) is 14.7. The van der Waals surface area contributed by atoms with Gasteiger partial charge in [-0.3, -0.25) is 4.99 Å². The van der Waals surface area contributed by atoms with E-state index in [1.54, 1.807) is 21.3 Å². The van der Waals surface area contributed by atoms with Gasteiger partial charge in [0.15, 0.2) is 11.8 Å². The Morgan fingerprint density at radius 3 is 2.61 bits per heavy atom. The minimum absolute atomic E-state index is 0. The number of hydrogen-bond acceptors (Lipinski definition) is 6. The number of aliphatic imine (C=N–C) groups is 1. The van der Waals surface area contributed by atoms with E-state index in [1.807, 2.05) is 18.2 Å². The number of aryl methyl sites for hydroxylation is 1. The SMILES string of the molecule is CN=C(NCc1nnc2n1CCCC2)NC1CCN(c2cc(OC)cc(OC)c2)C1.I. The number of aromatic nitrogens is 3. The molecule has 1 aromatic carbocycles. The summed E-state index contributed by atoms with van der Waals surface area (Å²) in [6, 6.07) is 6.30. The molecule has 2 N–H and O–H groups in total. The molecular weight excluding hydrogens is 509 g/mol. The Kier molecular flexibility index (Phi) is 8.22. The summed E-state index contributed by atoms with van der Waals surface area (Å²) < 4.78 is 13.0. The van der Waals surface area contributed by atoms with Gasteiger partial charge in [0.1, 0.15) is 17.3 Å². The lowest BCUT2D eigenvalue weighted by atomic mass is 10.2. The number of anilines is 1. The predicted octanol–water partition coefficient (Wildman–Crippen LogP) is 2.19. The van der Waals surface area contributed by atoms with Gasteiger partial charge in [0, 0.05) is 63.0 Å². The summed E-state index contributed by atoms with van der Waals surface area (Å²) in [4.78, 5) is 6.73. The van der Waals surface area contributed by atoms with Crippen LogP contribution in [0.25, 0.3) is 0 Å². The molecule has 0 aliphatic carbocycles. The zero-order chi connectivity index (χ0) is 20.9. The van der Waals surface area contributed by atoms with Crippen LogP contribution < -0.4 is 25.0 Å². The smallest absolute Gasteiger partial charge is 0.191 e. The van der Waals surface area contributed by atoms with E-state index in [0.717, 1.165) is 67.3 Å². The first kappa shape index (κ1) is 23.4. The molecule has 1 saturated heterocycles. The van der Waals surface area contributed by atoms with Crippen LogP contribution in [0.15, 0.2) is 23.2 Å². The number of fused-ring (bicyclic) bond motifs is 1. The summed E-state index contributed by atoms with van der Waals surface area (Å²) in [5.74, 6) is 4.47. The van der Waals surface area contributed by atoms with Crippen molar-refractivity contribution in [3.8, 4) is 11.5 Å². The Bertz CT molecular complexity index is 880. The quantitative estimate of drug-likeness (QED) is 0.330. The average Bonchev–Trinajstić information content (AvgIpc) is 3.43. The van der Waals surface area contributed by atoms with Gasteiger partial charge in [-0.15, -0.1) is 34.2 Å². The molecule has 9 nitrogen and oxygen atoms in total. The molecular formula is C21H32IN7O2. The molecule has 170 valence electrons. The van der Waals surface area contributed by atoms with Gasteiger partial charge in [-0.2, -0.15) is 0 Å². The zero-order valence-corrected chi connectivity index (χ0v) is 20.8. The Hall–Kier alpha value is -2.24. The number of nitrogens with zero attached hydrogens (tertiary/aromatic N) is 5. The number of benzene rings is 1. The Morgan fingerprint density at radius 2 is 1.90 bits per heavy atom. The van der Waals surface area contributed by atoms with Crippen molar-refractivity contribution in [2.24, 2.45) is 4.99 Å². The maximum atomic E-state index is 5.41. The normalized spacial score (nSPS) is 18.2.